The van der Waals surface area contributed by atoms with E-state index in [9.17, 15) is 14.6 Å². The largest absolute Gasteiger partial charge is 0.858 e. The Morgan fingerprint density at radius 2 is 1.48 bits per heavy atom. The number of ether oxygens (including phenoxy) is 4. The number of nitrogens with zero attached hydrogens (tertiary/aromatic N) is 5. The van der Waals surface area contributed by atoms with Crippen molar-refractivity contribution in [2.75, 3.05) is 20.8 Å². The summed E-state index contributed by atoms with van der Waals surface area (Å²) in [6, 6.07) is 33.6. The highest BCUT2D eigenvalue weighted by Gasteiger charge is 2.46. The number of methoxy groups -OCH3 is 2. The average molecular weight is 720 g/mol. The van der Waals surface area contributed by atoms with Gasteiger partial charge in [-0.2, -0.15) is 0 Å². The fourth-order valence-corrected chi connectivity index (χ4v) is 6.86. The molecule has 1 aliphatic heterocycles. The molecule has 0 bridgehead atoms. The van der Waals surface area contributed by atoms with E-state index in [2.05, 4.69) is 19.9 Å². The molecule has 0 spiro atoms. The second-order valence-electron chi connectivity index (χ2n) is 11.9. The lowest BCUT2D eigenvalue weighted by molar-refractivity contribution is -0.212. The Balaban J connectivity index is 1.24. The first kappa shape index (κ1) is 34.9. The monoisotopic (exact) mass is 719 g/mol. The van der Waals surface area contributed by atoms with Crippen molar-refractivity contribution in [3.05, 3.63) is 144 Å². The summed E-state index contributed by atoms with van der Waals surface area (Å²) in [5.41, 5.74) is 2.36. The molecule has 1 unspecified atom stereocenters. The third-order valence-electron chi connectivity index (χ3n) is 8.92. The van der Waals surface area contributed by atoms with Crippen molar-refractivity contribution in [2.45, 2.75) is 30.5 Å². The van der Waals surface area contributed by atoms with Gasteiger partial charge in [0.2, 0.25) is 0 Å². The maximum Gasteiger partial charge on any atom is 0.695 e. The Kier molecular flexibility index (Phi) is 10.3. The van der Waals surface area contributed by atoms with Gasteiger partial charge in [-0.3, -0.25) is 4.57 Å². The smallest absolute Gasteiger partial charge is 0.695 e. The molecule has 4 atom stereocenters. The van der Waals surface area contributed by atoms with E-state index in [4.69, 9.17) is 23.5 Å². The van der Waals surface area contributed by atoms with Crippen molar-refractivity contribution in [3.8, 4) is 11.5 Å². The predicted molar refractivity (Wildman–Crippen MR) is 189 cm³/mol. The van der Waals surface area contributed by atoms with Crippen LogP contribution in [-0.2, 0) is 24.2 Å². The van der Waals surface area contributed by atoms with E-state index in [1.807, 2.05) is 84.9 Å². The molecule has 0 aliphatic carbocycles. The van der Waals surface area contributed by atoms with Gasteiger partial charge in [0.15, 0.2) is 17.0 Å². The molecule has 0 amide bonds. The molecule has 6 aromatic rings. The Hall–Kier alpha value is -5.56. The molecule has 52 heavy (non-hydrogen) atoms. The molecular formula is C38H34N5O8P. The average Bonchev–Trinajstić information content (AvgIpc) is 3.80. The number of rotatable bonds is 13. The zero-order chi connectivity index (χ0) is 36.1. The normalized spacial score (nSPS) is 18.0. The molecule has 0 radical (unpaired) electrons. The third-order valence-corrected chi connectivity index (χ3v) is 9.37. The van der Waals surface area contributed by atoms with Crippen LogP contribution in [0.3, 0.4) is 0 Å². The number of aromatic nitrogens is 4. The van der Waals surface area contributed by atoms with Gasteiger partial charge in [0, 0.05) is 11.0 Å². The van der Waals surface area contributed by atoms with E-state index >= 15 is 0 Å². The lowest BCUT2D eigenvalue weighted by Gasteiger charge is -2.37. The first-order valence-electron chi connectivity index (χ1n) is 16.3. The van der Waals surface area contributed by atoms with E-state index in [-0.39, 0.29) is 18.8 Å². The number of hydrogen-bond acceptors (Lipinski definition) is 11. The Morgan fingerprint density at radius 3 is 2.08 bits per heavy atom. The van der Waals surface area contributed by atoms with Crippen LogP contribution in [0.2, 0.25) is 0 Å². The first-order valence-corrected chi connectivity index (χ1v) is 17.5. The van der Waals surface area contributed by atoms with Gasteiger partial charge in [-0.1, -0.05) is 84.9 Å². The quantitative estimate of drug-likeness (QED) is 0.0683. The van der Waals surface area contributed by atoms with Crippen LogP contribution in [0, 0.1) is 0 Å². The standard InChI is InChI=1S/C38H34N5O8P/c1-47-29-17-13-27(14-18-29)38(26-11-7-4-8-12-26,28-15-19-30(48-2)20-16-28)49-22-32-31(51-52(45)46)21-33(50-32)43-24-41-34-35(39-23-40-36(34)43)42-37(44)25-9-5-3-6-10-25/h3-20,23-24,31-33H,21-22H2,1-2H3,(H-,39,40,42,44,45,46)/t31-,32+,33+/m0/s1. The van der Waals surface area contributed by atoms with E-state index in [1.54, 1.807) is 43.1 Å². The molecule has 1 saturated heterocycles. The van der Waals surface area contributed by atoms with E-state index in [1.165, 1.54) is 12.7 Å². The second kappa shape index (κ2) is 15.4. The van der Waals surface area contributed by atoms with Crippen LogP contribution in [0.5, 0.6) is 11.5 Å². The zero-order valence-electron chi connectivity index (χ0n) is 28.2. The topological polar surface area (TPSA) is 162 Å². The molecule has 4 aromatic carbocycles. The minimum Gasteiger partial charge on any atom is -0.858 e. The van der Waals surface area contributed by atoms with Crippen LogP contribution in [0.4, 0.5) is 5.82 Å². The van der Waals surface area contributed by atoms with Gasteiger partial charge in [-0.15, -0.1) is 9.42 Å². The Bertz CT molecular complexity index is 2120. The van der Waals surface area contributed by atoms with E-state index in [0.717, 1.165) is 16.7 Å². The molecule has 1 N–H and O–H groups in total. The van der Waals surface area contributed by atoms with Crippen LogP contribution in [0.25, 0.3) is 11.2 Å². The van der Waals surface area contributed by atoms with Gasteiger partial charge in [0.1, 0.15) is 41.9 Å². The lowest BCUT2D eigenvalue weighted by atomic mass is 9.80. The van der Waals surface area contributed by atoms with Crippen molar-refractivity contribution >= 4 is 31.1 Å². The Labute approximate surface area is 300 Å². The summed E-state index contributed by atoms with van der Waals surface area (Å²) in [5, 5.41) is 12.9. The number of imidazole rings is 1. The van der Waals surface area contributed by atoms with Crippen molar-refractivity contribution in [1.82, 2.24) is 19.5 Å². The second-order valence-corrected chi connectivity index (χ2v) is 12.6. The lowest BCUT2D eigenvalue weighted by Crippen LogP contribution is -2.38. The molecule has 7 rings (SSSR count). The molecule has 3 heterocycles. The SMILES string of the molecule is COc1ccc(C(OC[C@H]2O[C@@H](n3cnc4c(N=C([O-])c5ccccc5)ncnc43)C[C@@H]2O[P+](=O)O)(c2ccccc2)c2ccc(OC)cc2)cc1. The van der Waals surface area contributed by atoms with Crippen LogP contribution in [0.15, 0.2) is 127 Å². The highest BCUT2D eigenvalue weighted by atomic mass is 31.1. The zero-order valence-corrected chi connectivity index (χ0v) is 29.1. The summed E-state index contributed by atoms with van der Waals surface area (Å²) in [5.74, 6) is 0.993. The van der Waals surface area contributed by atoms with Gasteiger partial charge >= 0.3 is 8.25 Å². The summed E-state index contributed by atoms with van der Waals surface area (Å²) >= 11 is 0. The van der Waals surface area contributed by atoms with Crippen molar-refractivity contribution < 1.29 is 38.0 Å². The minimum absolute atomic E-state index is 0.0505. The number of fused-ring (bicyclic) bond motifs is 1. The van der Waals surface area contributed by atoms with Gasteiger partial charge in [0.25, 0.3) is 0 Å². The van der Waals surface area contributed by atoms with Crippen molar-refractivity contribution in [3.63, 3.8) is 0 Å². The molecule has 13 nitrogen and oxygen atoms in total. The molecule has 264 valence electrons. The van der Waals surface area contributed by atoms with Crippen molar-refractivity contribution in [1.29, 1.82) is 0 Å². The van der Waals surface area contributed by atoms with E-state index < -0.39 is 38.2 Å². The van der Waals surface area contributed by atoms with E-state index in [0.29, 0.717) is 28.2 Å². The maximum atomic E-state index is 12.9. The summed E-state index contributed by atoms with van der Waals surface area (Å²) in [6.07, 6.45) is 0.603. The Morgan fingerprint density at radius 1 is 0.885 bits per heavy atom. The fraction of sp³-hybridized carbons (Fsp3) is 0.211. The number of aliphatic imine (C=N–C) groups is 1. The minimum atomic E-state index is -2.98. The van der Waals surface area contributed by atoms with Crippen LogP contribution >= 0.6 is 8.25 Å². The number of hydrogen-bond donors (Lipinski definition) is 1. The summed E-state index contributed by atoms with van der Waals surface area (Å²) < 4.78 is 43.7. The predicted octanol–water partition coefficient (Wildman–Crippen LogP) is 5.61. The summed E-state index contributed by atoms with van der Waals surface area (Å²) in [7, 11) is 0.227. The third kappa shape index (κ3) is 7.00. The highest BCUT2D eigenvalue weighted by Crippen LogP contribution is 2.44. The number of benzene rings is 4. The molecule has 0 saturated carbocycles. The van der Waals surface area contributed by atoms with Gasteiger partial charge in [0.05, 0.1) is 27.2 Å². The molecule has 1 fully saturated rings. The summed E-state index contributed by atoms with van der Waals surface area (Å²) in [6.45, 7) is -0.0505. The van der Waals surface area contributed by atoms with Gasteiger partial charge in [-0.05, 0) is 52.4 Å². The first-order chi connectivity index (χ1) is 25.4. The molecule has 14 heteroatoms. The fourth-order valence-electron chi connectivity index (χ4n) is 6.40. The van der Waals surface area contributed by atoms with Gasteiger partial charge in [-0.25, -0.2) is 19.9 Å². The summed E-state index contributed by atoms with van der Waals surface area (Å²) in [4.78, 5) is 27.1. The maximum absolute atomic E-state index is 12.9. The van der Waals surface area contributed by atoms with Gasteiger partial charge < -0.3 is 24.1 Å². The molecule has 1 aliphatic rings. The molecular weight excluding hydrogens is 685 g/mol. The molecule has 2 aromatic heterocycles. The van der Waals surface area contributed by atoms with Crippen LogP contribution in [0.1, 0.15) is 34.9 Å². The van der Waals surface area contributed by atoms with Crippen LogP contribution < -0.4 is 14.6 Å². The van der Waals surface area contributed by atoms with Crippen LogP contribution in [-0.4, -0.2) is 63.3 Å². The van der Waals surface area contributed by atoms with Crippen molar-refractivity contribution in [2.24, 2.45) is 4.99 Å². The highest BCUT2D eigenvalue weighted by molar-refractivity contribution is 7.32.